The number of anilines is 1. The van der Waals surface area contributed by atoms with Crippen molar-refractivity contribution in [3.05, 3.63) is 36.0 Å². The van der Waals surface area contributed by atoms with Crippen LogP contribution < -0.4 is 10.2 Å². The molecule has 0 aliphatic carbocycles. The molecular weight excluding hydrogens is 262 g/mol. The molecule has 1 aliphatic rings. The SMILES string of the molecule is CNCc1cc2ccccc2c(N2CCOC(C)(C)C2)n1. The van der Waals surface area contributed by atoms with Crippen LogP contribution in [0.1, 0.15) is 19.5 Å². The zero-order chi connectivity index (χ0) is 14.9. The first-order valence-corrected chi connectivity index (χ1v) is 7.51. The van der Waals surface area contributed by atoms with Gasteiger partial charge in [0.25, 0.3) is 0 Å². The maximum absolute atomic E-state index is 5.83. The summed E-state index contributed by atoms with van der Waals surface area (Å²) in [6.45, 7) is 7.57. The summed E-state index contributed by atoms with van der Waals surface area (Å²) in [4.78, 5) is 7.24. The van der Waals surface area contributed by atoms with Gasteiger partial charge in [0.1, 0.15) is 5.82 Å². The topological polar surface area (TPSA) is 37.4 Å². The summed E-state index contributed by atoms with van der Waals surface area (Å²) in [5.41, 5.74) is 0.954. The lowest BCUT2D eigenvalue weighted by Gasteiger charge is -2.39. The summed E-state index contributed by atoms with van der Waals surface area (Å²) in [6, 6.07) is 10.6. The molecule has 1 fully saturated rings. The van der Waals surface area contributed by atoms with Gasteiger partial charge < -0.3 is 15.0 Å². The molecule has 0 unspecified atom stereocenters. The molecule has 2 aromatic rings. The van der Waals surface area contributed by atoms with Crippen molar-refractivity contribution in [2.75, 3.05) is 31.6 Å². The van der Waals surface area contributed by atoms with E-state index in [4.69, 9.17) is 9.72 Å². The predicted octanol–water partition coefficient (Wildman–Crippen LogP) is 2.57. The summed E-state index contributed by atoms with van der Waals surface area (Å²) >= 11 is 0. The molecule has 0 atom stereocenters. The Morgan fingerprint density at radius 3 is 2.90 bits per heavy atom. The molecule has 1 aromatic heterocycles. The van der Waals surface area contributed by atoms with Crippen LogP contribution in [-0.2, 0) is 11.3 Å². The van der Waals surface area contributed by atoms with E-state index in [1.165, 1.54) is 10.8 Å². The van der Waals surface area contributed by atoms with Crippen LogP contribution >= 0.6 is 0 Å². The highest BCUT2D eigenvalue weighted by molar-refractivity contribution is 5.92. The van der Waals surface area contributed by atoms with Gasteiger partial charge in [-0.1, -0.05) is 24.3 Å². The van der Waals surface area contributed by atoms with Gasteiger partial charge in [0.15, 0.2) is 0 Å². The molecule has 0 radical (unpaired) electrons. The van der Waals surface area contributed by atoms with Crippen LogP contribution in [0.15, 0.2) is 30.3 Å². The largest absolute Gasteiger partial charge is 0.372 e. The van der Waals surface area contributed by atoms with Crippen LogP contribution in [0.4, 0.5) is 5.82 Å². The number of hydrogen-bond donors (Lipinski definition) is 1. The third-order valence-corrected chi connectivity index (χ3v) is 3.86. The number of ether oxygens (including phenoxy) is 1. The molecule has 4 heteroatoms. The number of morpholine rings is 1. The second-order valence-electron chi connectivity index (χ2n) is 6.22. The number of aromatic nitrogens is 1. The number of rotatable bonds is 3. The Hall–Kier alpha value is -1.65. The maximum atomic E-state index is 5.83. The fraction of sp³-hybridized carbons (Fsp3) is 0.471. The first-order chi connectivity index (χ1) is 10.1. The van der Waals surface area contributed by atoms with E-state index < -0.39 is 0 Å². The Morgan fingerprint density at radius 1 is 1.33 bits per heavy atom. The second-order valence-corrected chi connectivity index (χ2v) is 6.22. The zero-order valence-corrected chi connectivity index (χ0v) is 13.0. The molecule has 112 valence electrons. The van der Waals surface area contributed by atoms with Crippen LogP contribution in [-0.4, -0.2) is 37.3 Å². The van der Waals surface area contributed by atoms with Gasteiger partial charge in [0, 0.05) is 25.0 Å². The number of hydrogen-bond acceptors (Lipinski definition) is 4. The van der Waals surface area contributed by atoms with Crippen molar-refractivity contribution in [2.24, 2.45) is 0 Å². The summed E-state index contributed by atoms with van der Waals surface area (Å²) in [7, 11) is 1.95. The van der Waals surface area contributed by atoms with Crippen molar-refractivity contribution in [3.63, 3.8) is 0 Å². The molecule has 0 bridgehead atoms. The van der Waals surface area contributed by atoms with Crippen LogP contribution in [0.2, 0.25) is 0 Å². The van der Waals surface area contributed by atoms with Gasteiger partial charge >= 0.3 is 0 Å². The molecule has 0 spiro atoms. The van der Waals surface area contributed by atoms with Crippen LogP contribution in [0, 0.1) is 0 Å². The van der Waals surface area contributed by atoms with E-state index in [0.717, 1.165) is 37.8 Å². The molecular formula is C17H23N3O. The Labute approximate surface area is 126 Å². The molecule has 4 nitrogen and oxygen atoms in total. The van der Waals surface area contributed by atoms with Crippen molar-refractivity contribution in [1.82, 2.24) is 10.3 Å². The predicted molar refractivity (Wildman–Crippen MR) is 86.8 cm³/mol. The lowest BCUT2D eigenvalue weighted by molar-refractivity contribution is -0.0278. The number of fused-ring (bicyclic) bond motifs is 1. The van der Waals surface area contributed by atoms with Crippen LogP contribution in [0.5, 0.6) is 0 Å². The fourth-order valence-electron chi connectivity index (χ4n) is 2.94. The summed E-state index contributed by atoms with van der Waals surface area (Å²) in [5.74, 6) is 1.08. The molecule has 2 heterocycles. The fourth-order valence-corrected chi connectivity index (χ4v) is 2.94. The van der Waals surface area contributed by atoms with Crippen molar-refractivity contribution >= 4 is 16.6 Å². The minimum absolute atomic E-state index is 0.125. The minimum atomic E-state index is -0.125. The third-order valence-electron chi connectivity index (χ3n) is 3.86. The Kier molecular flexibility index (Phi) is 3.83. The molecule has 1 aromatic carbocycles. The lowest BCUT2D eigenvalue weighted by Crippen LogP contribution is -2.48. The van der Waals surface area contributed by atoms with Gasteiger partial charge in [-0.15, -0.1) is 0 Å². The summed E-state index contributed by atoms with van der Waals surface area (Å²) < 4.78 is 5.83. The lowest BCUT2D eigenvalue weighted by atomic mass is 10.1. The van der Waals surface area contributed by atoms with E-state index in [2.05, 4.69) is 54.4 Å². The van der Waals surface area contributed by atoms with E-state index in [0.29, 0.717) is 0 Å². The minimum Gasteiger partial charge on any atom is -0.372 e. The highest BCUT2D eigenvalue weighted by Crippen LogP contribution is 2.29. The number of benzene rings is 1. The summed E-state index contributed by atoms with van der Waals surface area (Å²) in [5, 5.41) is 5.65. The first kappa shape index (κ1) is 14.3. The standard InChI is InChI=1S/C17H23N3O/c1-17(2)12-20(8-9-21-17)16-15-7-5-4-6-13(15)10-14(19-16)11-18-3/h4-7,10,18H,8-9,11-12H2,1-3H3. The second kappa shape index (κ2) is 5.62. The van der Waals surface area contributed by atoms with E-state index in [1.54, 1.807) is 0 Å². The molecule has 0 saturated carbocycles. The van der Waals surface area contributed by atoms with E-state index in [-0.39, 0.29) is 5.60 Å². The van der Waals surface area contributed by atoms with Crippen molar-refractivity contribution < 1.29 is 4.74 Å². The number of nitrogens with one attached hydrogen (secondary N) is 1. The molecule has 1 saturated heterocycles. The van der Waals surface area contributed by atoms with Crippen molar-refractivity contribution in [1.29, 1.82) is 0 Å². The average Bonchev–Trinajstić information content (AvgIpc) is 2.46. The van der Waals surface area contributed by atoms with Gasteiger partial charge in [-0.25, -0.2) is 4.98 Å². The first-order valence-electron chi connectivity index (χ1n) is 7.51. The quantitative estimate of drug-likeness (QED) is 0.940. The van der Waals surface area contributed by atoms with Crippen molar-refractivity contribution in [2.45, 2.75) is 26.0 Å². The smallest absolute Gasteiger partial charge is 0.136 e. The normalized spacial score (nSPS) is 18.1. The Balaban J connectivity index is 2.07. The molecule has 1 N–H and O–H groups in total. The molecule has 3 rings (SSSR count). The van der Waals surface area contributed by atoms with Gasteiger partial charge in [0.2, 0.25) is 0 Å². The molecule has 0 amide bonds. The molecule has 1 aliphatic heterocycles. The highest BCUT2D eigenvalue weighted by Gasteiger charge is 2.28. The zero-order valence-electron chi connectivity index (χ0n) is 13.0. The third kappa shape index (κ3) is 3.01. The van der Waals surface area contributed by atoms with Gasteiger partial charge in [0.05, 0.1) is 17.9 Å². The average molecular weight is 285 g/mol. The van der Waals surface area contributed by atoms with E-state index in [9.17, 15) is 0 Å². The highest BCUT2D eigenvalue weighted by atomic mass is 16.5. The molecule has 21 heavy (non-hydrogen) atoms. The van der Waals surface area contributed by atoms with Crippen LogP contribution in [0.3, 0.4) is 0 Å². The van der Waals surface area contributed by atoms with Crippen LogP contribution in [0.25, 0.3) is 10.8 Å². The number of nitrogens with zero attached hydrogens (tertiary/aromatic N) is 2. The Bertz CT molecular complexity index is 639. The van der Waals surface area contributed by atoms with E-state index in [1.807, 2.05) is 7.05 Å². The Morgan fingerprint density at radius 2 is 2.14 bits per heavy atom. The van der Waals surface area contributed by atoms with E-state index >= 15 is 0 Å². The summed E-state index contributed by atoms with van der Waals surface area (Å²) in [6.07, 6.45) is 0. The maximum Gasteiger partial charge on any atom is 0.136 e. The number of pyridine rings is 1. The monoisotopic (exact) mass is 285 g/mol. The van der Waals surface area contributed by atoms with Crippen molar-refractivity contribution in [3.8, 4) is 0 Å². The van der Waals surface area contributed by atoms with Gasteiger partial charge in [-0.05, 0) is 32.3 Å². The van der Waals surface area contributed by atoms with Gasteiger partial charge in [-0.2, -0.15) is 0 Å². The van der Waals surface area contributed by atoms with Gasteiger partial charge in [-0.3, -0.25) is 0 Å².